The summed E-state index contributed by atoms with van der Waals surface area (Å²) in [5.41, 5.74) is 10.5. The second-order valence-corrected chi connectivity index (χ2v) is 17.1. The zero-order valence-corrected chi connectivity index (χ0v) is 30.8. The normalized spacial score (nSPS) is 24.3. The zero-order valence-electron chi connectivity index (χ0n) is 30.8. The van der Waals surface area contributed by atoms with E-state index in [1.54, 1.807) is 0 Å². The molecule has 2 aromatic heterocycles. The molecule has 0 amide bonds. The number of allylic oxidation sites excluding steroid dienone is 3. The number of fused-ring (bicyclic) bond motifs is 1. The number of ketones is 2. The van der Waals surface area contributed by atoms with Crippen LogP contribution >= 0.6 is 0 Å². The first-order valence-corrected chi connectivity index (χ1v) is 18.2. The smallest absolute Gasteiger partial charge is 0.162 e. The molecule has 0 radical (unpaired) electrons. The highest BCUT2D eigenvalue weighted by molar-refractivity contribution is 5.96. The van der Waals surface area contributed by atoms with Gasteiger partial charge in [0.25, 0.3) is 0 Å². The molecule has 0 aromatic carbocycles. The predicted molar refractivity (Wildman–Crippen MR) is 199 cm³/mol. The van der Waals surface area contributed by atoms with Crippen LogP contribution in [0.15, 0.2) is 53.7 Å². The molecule has 3 aliphatic rings. The van der Waals surface area contributed by atoms with Gasteiger partial charge in [0.15, 0.2) is 11.4 Å². The molecule has 5 rings (SSSR count). The number of aromatic nitrogens is 1. The third kappa shape index (κ3) is 8.55. The summed E-state index contributed by atoms with van der Waals surface area (Å²) in [7, 11) is 0. The molecule has 3 fully saturated rings. The van der Waals surface area contributed by atoms with Crippen molar-refractivity contribution in [3.63, 3.8) is 0 Å². The first-order valence-electron chi connectivity index (χ1n) is 18.2. The van der Waals surface area contributed by atoms with Gasteiger partial charge in [-0.15, -0.1) is 5.73 Å². The van der Waals surface area contributed by atoms with Gasteiger partial charge in [-0.05, 0) is 92.1 Å². The van der Waals surface area contributed by atoms with E-state index in [2.05, 4.69) is 86.1 Å². The number of carbonyl (C=O) groups is 2. The number of Topliss-reactive ketones (excluding diaryl/α,β-unsaturated/α-hetero) is 1. The minimum Gasteiger partial charge on any atom is -0.454 e. The van der Waals surface area contributed by atoms with Gasteiger partial charge in [-0.1, -0.05) is 93.5 Å². The van der Waals surface area contributed by atoms with E-state index < -0.39 is 0 Å². The quantitative estimate of drug-likeness (QED) is 0.163. The van der Waals surface area contributed by atoms with Crippen molar-refractivity contribution in [2.45, 2.75) is 144 Å². The zero-order chi connectivity index (χ0) is 34.7. The molecule has 3 unspecified atom stereocenters. The minimum absolute atomic E-state index is 0. The van der Waals surface area contributed by atoms with Crippen molar-refractivity contribution in [3.8, 4) is 0 Å². The van der Waals surface area contributed by atoms with E-state index in [0.717, 1.165) is 47.3 Å². The molecule has 0 aliphatic heterocycles. The number of rotatable bonds is 8. The SMILES string of the molecule is C=C=C(CC1CCCCC1(C)C)c1cc2nc(C3CCC(C)(C)CC3)cc(C(C)(C)C)c2o1.C=CC(=O)C1CCC(C(=O)CC)C1=C.[HH]. The van der Waals surface area contributed by atoms with Crippen molar-refractivity contribution in [2.24, 2.45) is 28.6 Å². The maximum atomic E-state index is 11.5. The Hall–Kier alpha value is -2.97. The lowest BCUT2D eigenvalue weighted by Crippen LogP contribution is -2.27. The maximum absolute atomic E-state index is 11.5. The number of hydrogen-bond acceptors (Lipinski definition) is 4. The Morgan fingerprint density at radius 3 is 2.26 bits per heavy atom. The third-order valence-electron chi connectivity index (χ3n) is 11.7. The van der Waals surface area contributed by atoms with Crippen LogP contribution in [0.5, 0.6) is 0 Å². The molecule has 3 atom stereocenters. The second kappa shape index (κ2) is 14.7. The van der Waals surface area contributed by atoms with Gasteiger partial charge in [-0.2, -0.15) is 0 Å². The lowest BCUT2D eigenvalue weighted by Gasteiger charge is -2.38. The number of pyridine rings is 1. The molecule has 4 nitrogen and oxygen atoms in total. The molecule has 2 aromatic rings. The van der Waals surface area contributed by atoms with Gasteiger partial charge in [0, 0.05) is 48.5 Å². The molecule has 3 saturated carbocycles. The fraction of sp³-hybridized carbons (Fsp3) is 0.628. The molecule has 0 saturated heterocycles. The highest BCUT2D eigenvalue weighted by atomic mass is 16.3. The fourth-order valence-electron chi connectivity index (χ4n) is 8.13. The highest BCUT2D eigenvalue weighted by Crippen LogP contribution is 2.47. The van der Waals surface area contributed by atoms with E-state index in [9.17, 15) is 9.59 Å². The van der Waals surface area contributed by atoms with E-state index >= 15 is 0 Å². The average Bonchev–Trinajstić information content (AvgIpc) is 3.62. The molecule has 47 heavy (non-hydrogen) atoms. The van der Waals surface area contributed by atoms with Crippen molar-refractivity contribution in [1.82, 2.24) is 4.98 Å². The Bertz CT molecular complexity index is 1530. The molecule has 258 valence electrons. The Morgan fingerprint density at radius 2 is 1.68 bits per heavy atom. The number of hydrogen-bond donors (Lipinski definition) is 0. The second-order valence-electron chi connectivity index (χ2n) is 17.1. The summed E-state index contributed by atoms with van der Waals surface area (Å²) in [6, 6.07) is 4.52. The number of carbonyl (C=O) groups excluding carboxylic acids is 2. The van der Waals surface area contributed by atoms with Crippen LogP contribution in [-0.4, -0.2) is 16.6 Å². The number of furan rings is 1. The monoisotopic (exact) mass is 641 g/mol. The largest absolute Gasteiger partial charge is 0.454 e. The summed E-state index contributed by atoms with van der Waals surface area (Å²) < 4.78 is 6.56. The van der Waals surface area contributed by atoms with Gasteiger partial charge in [-0.25, -0.2) is 4.98 Å². The van der Waals surface area contributed by atoms with Crippen molar-refractivity contribution >= 4 is 28.2 Å². The maximum Gasteiger partial charge on any atom is 0.162 e. The van der Waals surface area contributed by atoms with E-state index in [4.69, 9.17) is 9.40 Å². The molecule has 2 heterocycles. The van der Waals surface area contributed by atoms with Gasteiger partial charge in [-0.3, -0.25) is 9.59 Å². The summed E-state index contributed by atoms with van der Waals surface area (Å²) in [5.74, 6) is 2.08. The van der Waals surface area contributed by atoms with Crippen LogP contribution < -0.4 is 0 Å². The first-order chi connectivity index (χ1) is 22.0. The van der Waals surface area contributed by atoms with Crippen LogP contribution in [-0.2, 0) is 15.0 Å². The van der Waals surface area contributed by atoms with E-state index in [1.807, 2.05) is 6.92 Å². The Kier molecular flexibility index (Phi) is 11.5. The van der Waals surface area contributed by atoms with Crippen LogP contribution in [0.2, 0.25) is 0 Å². The van der Waals surface area contributed by atoms with Crippen molar-refractivity contribution < 1.29 is 15.4 Å². The molecule has 3 aliphatic carbocycles. The van der Waals surface area contributed by atoms with Crippen LogP contribution in [0, 0.1) is 28.6 Å². The van der Waals surface area contributed by atoms with E-state index in [0.29, 0.717) is 29.1 Å². The molecule has 0 N–H and O–H groups in total. The van der Waals surface area contributed by atoms with Crippen LogP contribution in [0.4, 0.5) is 0 Å². The number of nitrogens with zero attached hydrogens (tertiary/aromatic N) is 1. The minimum atomic E-state index is -0.159. The third-order valence-corrected chi connectivity index (χ3v) is 11.7. The lowest BCUT2D eigenvalue weighted by atomic mass is 9.66. The van der Waals surface area contributed by atoms with Crippen LogP contribution in [0.3, 0.4) is 0 Å². The average molecular weight is 642 g/mol. The topological polar surface area (TPSA) is 60.2 Å². The molecule has 0 bridgehead atoms. The van der Waals surface area contributed by atoms with Gasteiger partial charge in [0.2, 0.25) is 0 Å². The van der Waals surface area contributed by atoms with E-state index in [1.165, 1.54) is 68.7 Å². The van der Waals surface area contributed by atoms with Crippen molar-refractivity contribution in [1.29, 1.82) is 0 Å². The van der Waals surface area contributed by atoms with Gasteiger partial charge in [0.05, 0.1) is 0 Å². The molecular weight excluding hydrogens is 578 g/mol. The standard InChI is InChI=1S/C31H45NO.C12H16O2.H2/c1-9-21(18-23-12-10-11-15-31(23,7)8)27-20-26-28(33-27)24(29(2,3)4)19-25(32-26)22-13-16-30(5,6)17-14-22;1-4-11(13)9-6-7-10(8(9)3)12(14)5-2;/h19-20,22-23H,1,10-18H2,2-8H3;4,9-10H,1,3,5-7H2,2H3;1H. The summed E-state index contributed by atoms with van der Waals surface area (Å²) in [6.45, 7) is 29.7. The van der Waals surface area contributed by atoms with Gasteiger partial charge >= 0.3 is 0 Å². The Morgan fingerprint density at radius 1 is 1.02 bits per heavy atom. The summed E-state index contributed by atoms with van der Waals surface area (Å²) in [5, 5.41) is 0. The highest BCUT2D eigenvalue weighted by Gasteiger charge is 2.36. The molecule has 0 spiro atoms. The van der Waals surface area contributed by atoms with Gasteiger partial charge in [0.1, 0.15) is 17.1 Å². The summed E-state index contributed by atoms with van der Waals surface area (Å²) in [4.78, 5) is 28.1. The fourth-order valence-corrected chi connectivity index (χ4v) is 8.13. The predicted octanol–water partition coefficient (Wildman–Crippen LogP) is 12.1. The molecular formula is C43H63NO3. The van der Waals surface area contributed by atoms with Gasteiger partial charge < -0.3 is 4.42 Å². The van der Waals surface area contributed by atoms with E-state index in [-0.39, 0.29) is 30.2 Å². The van der Waals surface area contributed by atoms with Crippen LogP contribution in [0.25, 0.3) is 16.7 Å². The van der Waals surface area contributed by atoms with Crippen molar-refractivity contribution in [3.05, 3.63) is 66.3 Å². The van der Waals surface area contributed by atoms with Crippen molar-refractivity contribution in [2.75, 3.05) is 0 Å². The Balaban J connectivity index is 0.000000351. The van der Waals surface area contributed by atoms with Crippen LogP contribution in [0.1, 0.15) is 157 Å². The summed E-state index contributed by atoms with van der Waals surface area (Å²) in [6.07, 6.45) is 14.7. The molecule has 4 heteroatoms. The summed E-state index contributed by atoms with van der Waals surface area (Å²) >= 11 is 0. The first kappa shape index (κ1) is 36.9. The Labute approximate surface area is 286 Å². The lowest BCUT2D eigenvalue weighted by molar-refractivity contribution is -0.121.